The van der Waals surface area contributed by atoms with Crippen molar-refractivity contribution in [2.45, 2.75) is 43.9 Å². The Bertz CT molecular complexity index is 720. The third kappa shape index (κ3) is 4.08. The Balaban J connectivity index is 0.00000208. The second-order valence-corrected chi connectivity index (χ2v) is 5.98. The molecule has 2 atom stereocenters. The summed E-state index contributed by atoms with van der Waals surface area (Å²) >= 11 is 0. The molecular weight excluding hydrogens is 346 g/mol. The van der Waals surface area contributed by atoms with E-state index in [0.717, 1.165) is 31.4 Å². The lowest BCUT2D eigenvalue weighted by Crippen LogP contribution is -2.35. The Hall–Kier alpha value is -1.60. The maximum absolute atomic E-state index is 13.5. The van der Waals surface area contributed by atoms with E-state index in [9.17, 15) is 17.6 Å². The van der Waals surface area contributed by atoms with Gasteiger partial charge in [-0.15, -0.1) is 12.4 Å². The molecule has 1 heterocycles. The Morgan fingerprint density at radius 1 is 1.17 bits per heavy atom. The zero-order chi connectivity index (χ0) is 16.6. The van der Waals surface area contributed by atoms with E-state index < -0.39 is 17.7 Å². The number of fused-ring (bicyclic) bond motifs is 1. The molecular formula is C16H18ClF4N3. The Labute approximate surface area is 143 Å². The van der Waals surface area contributed by atoms with Crippen LogP contribution in [0.4, 0.5) is 23.2 Å². The zero-order valence-electron chi connectivity index (χ0n) is 12.7. The maximum atomic E-state index is 13.5. The molecule has 132 valence electrons. The molecule has 1 aliphatic rings. The molecule has 1 fully saturated rings. The molecule has 0 bridgehead atoms. The van der Waals surface area contributed by atoms with Crippen molar-refractivity contribution in [3.8, 4) is 0 Å². The number of nitrogens with two attached hydrogens (primary N) is 1. The monoisotopic (exact) mass is 363 g/mol. The smallest absolute Gasteiger partial charge is 0.382 e. The fourth-order valence-electron chi connectivity index (χ4n) is 3.04. The van der Waals surface area contributed by atoms with Crippen molar-refractivity contribution in [2.24, 2.45) is 5.73 Å². The molecule has 3 rings (SSSR count). The first kappa shape index (κ1) is 18.7. The molecule has 0 aliphatic heterocycles. The first-order chi connectivity index (χ1) is 10.8. The van der Waals surface area contributed by atoms with Crippen molar-refractivity contribution >= 4 is 29.0 Å². The summed E-state index contributed by atoms with van der Waals surface area (Å²) in [6.07, 6.45) is -1.21. The van der Waals surface area contributed by atoms with Gasteiger partial charge in [0.15, 0.2) is 0 Å². The number of aromatic nitrogens is 1. The summed E-state index contributed by atoms with van der Waals surface area (Å²) in [5.41, 5.74) is 5.30. The van der Waals surface area contributed by atoms with Crippen LogP contribution < -0.4 is 11.1 Å². The van der Waals surface area contributed by atoms with Crippen molar-refractivity contribution in [3.05, 3.63) is 35.8 Å². The van der Waals surface area contributed by atoms with E-state index in [0.29, 0.717) is 11.8 Å². The number of rotatable bonds is 2. The van der Waals surface area contributed by atoms with Gasteiger partial charge in [0, 0.05) is 23.2 Å². The van der Waals surface area contributed by atoms with Gasteiger partial charge in [0.2, 0.25) is 0 Å². The predicted molar refractivity (Wildman–Crippen MR) is 87.8 cm³/mol. The number of anilines is 1. The highest BCUT2D eigenvalue weighted by molar-refractivity contribution is 5.91. The topological polar surface area (TPSA) is 50.9 Å². The first-order valence-corrected chi connectivity index (χ1v) is 7.52. The first-order valence-electron chi connectivity index (χ1n) is 7.52. The molecule has 3 nitrogen and oxygen atoms in total. The van der Waals surface area contributed by atoms with Crippen molar-refractivity contribution < 1.29 is 17.6 Å². The Morgan fingerprint density at radius 2 is 1.92 bits per heavy atom. The minimum Gasteiger partial charge on any atom is -0.382 e. The largest absolute Gasteiger partial charge is 0.433 e. The van der Waals surface area contributed by atoms with Gasteiger partial charge in [0.1, 0.15) is 11.5 Å². The van der Waals surface area contributed by atoms with Crippen LogP contribution in [-0.2, 0) is 6.18 Å². The lowest BCUT2D eigenvalue weighted by molar-refractivity contribution is -0.140. The number of halogens is 5. The van der Waals surface area contributed by atoms with Gasteiger partial charge < -0.3 is 11.1 Å². The normalized spacial score (nSPS) is 21.4. The third-order valence-corrected chi connectivity index (χ3v) is 4.14. The summed E-state index contributed by atoms with van der Waals surface area (Å²) in [6.45, 7) is 0. The van der Waals surface area contributed by atoms with Gasteiger partial charge in [0.25, 0.3) is 0 Å². The van der Waals surface area contributed by atoms with E-state index in [-0.39, 0.29) is 35.7 Å². The quantitative estimate of drug-likeness (QED) is 0.772. The summed E-state index contributed by atoms with van der Waals surface area (Å²) in [5, 5.41) is 3.45. The van der Waals surface area contributed by atoms with Crippen LogP contribution in [0, 0.1) is 5.82 Å². The summed E-state index contributed by atoms with van der Waals surface area (Å²) in [6, 6.07) is 4.53. The number of hydrogen-bond acceptors (Lipinski definition) is 3. The number of nitrogens with one attached hydrogen (secondary N) is 1. The predicted octanol–water partition coefficient (Wildman–Crippen LogP) is 4.50. The average molecular weight is 364 g/mol. The average Bonchev–Trinajstić information content (AvgIpc) is 2.46. The number of hydrogen-bond donors (Lipinski definition) is 2. The van der Waals surface area contributed by atoms with Gasteiger partial charge in [-0.3, -0.25) is 0 Å². The molecule has 1 aromatic carbocycles. The van der Waals surface area contributed by atoms with Gasteiger partial charge in [-0.05, 0) is 49.9 Å². The van der Waals surface area contributed by atoms with Crippen LogP contribution in [-0.4, -0.2) is 17.1 Å². The van der Waals surface area contributed by atoms with Crippen molar-refractivity contribution in [1.82, 2.24) is 4.98 Å². The van der Waals surface area contributed by atoms with E-state index >= 15 is 0 Å². The molecule has 24 heavy (non-hydrogen) atoms. The lowest BCUT2D eigenvalue weighted by atomic mass is 9.91. The zero-order valence-corrected chi connectivity index (χ0v) is 13.6. The SMILES string of the molecule is Cl.N[C@@H]1CCC[C@H](Nc2cc(C(F)(F)F)nc3ccc(F)cc23)C1. The summed E-state index contributed by atoms with van der Waals surface area (Å²) in [5.74, 6) is -0.512. The standard InChI is InChI=1S/C16H17F4N3.ClH/c17-9-4-5-13-12(6-9)14(8-15(23-13)16(18,19)20)22-11-3-1-2-10(21)7-11;/h4-6,8,10-11H,1-3,7,21H2,(H,22,23);1H/t10-,11+;/m1./s1. The van der Waals surface area contributed by atoms with Crippen molar-refractivity contribution in [2.75, 3.05) is 5.32 Å². The summed E-state index contributed by atoms with van der Waals surface area (Å²) in [4.78, 5) is 3.60. The highest BCUT2D eigenvalue weighted by Gasteiger charge is 2.33. The van der Waals surface area contributed by atoms with Gasteiger partial charge in [0.05, 0.1) is 5.52 Å². The van der Waals surface area contributed by atoms with Crippen LogP contribution in [0.1, 0.15) is 31.4 Å². The van der Waals surface area contributed by atoms with Crippen LogP contribution in [0.2, 0.25) is 0 Å². The lowest BCUT2D eigenvalue weighted by Gasteiger charge is -2.28. The van der Waals surface area contributed by atoms with Crippen molar-refractivity contribution in [3.63, 3.8) is 0 Å². The second kappa shape index (κ2) is 7.11. The summed E-state index contributed by atoms with van der Waals surface area (Å²) < 4.78 is 52.6. The molecule has 1 aliphatic carbocycles. The van der Waals surface area contributed by atoms with E-state index in [1.54, 1.807) is 0 Å². The van der Waals surface area contributed by atoms with Crippen LogP contribution in [0.15, 0.2) is 24.3 Å². The molecule has 0 spiro atoms. The number of benzene rings is 1. The number of alkyl halides is 3. The minimum atomic E-state index is -4.55. The van der Waals surface area contributed by atoms with Crippen molar-refractivity contribution in [1.29, 1.82) is 0 Å². The molecule has 8 heteroatoms. The van der Waals surface area contributed by atoms with E-state index in [1.165, 1.54) is 12.1 Å². The molecule has 3 N–H and O–H groups in total. The fraction of sp³-hybridized carbons (Fsp3) is 0.438. The molecule has 2 aromatic rings. The number of nitrogens with zero attached hydrogens (tertiary/aromatic N) is 1. The summed E-state index contributed by atoms with van der Waals surface area (Å²) in [7, 11) is 0. The highest BCUT2D eigenvalue weighted by Crippen LogP contribution is 2.34. The molecule has 0 amide bonds. The number of pyridine rings is 1. The second-order valence-electron chi connectivity index (χ2n) is 5.98. The van der Waals surface area contributed by atoms with Gasteiger partial charge in [-0.1, -0.05) is 0 Å². The third-order valence-electron chi connectivity index (χ3n) is 4.14. The van der Waals surface area contributed by atoms with E-state index in [4.69, 9.17) is 5.73 Å². The van der Waals surface area contributed by atoms with Gasteiger partial charge in [-0.25, -0.2) is 9.37 Å². The van der Waals surface area contributed by atoms with Crippen LogP contribution in [0.25, 0.3) is 10.9 Å². The van der Waals surface area contributed by atoms with Crippen LogP contribution in [0.5, 0.6) is 0 Å². The molecule has 1 saturated carbocycles. The molecule has 1 aromatic heterocycles. The van der Waals surface area contributed by atoms with Gasteiger partial charge >= 0.3 is 6.18 Å². The fourth-order valence-corrected chi connectivity index (χ4v) is 3.04. The van der Waals surface area contributed by atoms with E-state index in [1.807, 2.05) is 0 Å². The van der Waals surface area contributed by atoms with Crippen LogP contribution in [0.3, 0.4) is 0 Å². The maximum Gasteiger partial charge on any atom is 0.433 e. The van der Waals surface area contributed by atoms with Crippen LogP contribution >= 0.6 is 12.4 Å². The molecule has 0 radical (unpaired) electrons. The molecule has 0 saturated heterocycles. The van der Waals surface area contributed by atoms with E-state index in [2.05, 4.69) is 10.3 Å². The minimum absolute atomic E-state index is 0. The molecule has 0 unspecified atom stereocenters. The Morgan fingerprint density at radius 3 is 2.58 bits per heavy atom. The highest BCUT2D eigenvalue weighted by atomic mass is 35.5. The van der Waals surface area contributed by atoms with Gasteiger partial charge in [-0.2, -0.15) is 13.2 Å². The Kier molecular flexibility index (Phi) is 5.55.